The highest BCUT2D eigenvalue weighted by Crippen LogP contribution is 2.51. The molecule has 0 aromatic heterocycles. The number of likely N-dealkylation sites (tertiary alicyclic amines) is 2. The van der Waals surface area contributed by atoms with E-state index >= 15 is 0 Å². The molecule has 6 nitrogen and oxygen atoms in total. The maximum Gasteiger partial charge on any atom is 0.409 e. The number of allylic oxidation sites excluding steroid dienone is 2. The van der Waals surface area contributed by atoms with Crippen molar-refractivity contribution < 1.29 is 14.3 Å². The molecule has 0 N–H and O–H groups in total. The number of nitrogens with zero attached hydrogens (tertiary/aromatic N) is 3. The van der Waals surface area contributed by atoms with Crippen molar-refractivity contribution >= 4 is 23.3 Å². The molecule has 6 heteroatoms. The van der Waals surface area contributed by atoms with E-state index in [-0.39, 0.29) is 17.4 Å². The average molecular weight is 452 g/mol. The molecule has 5 rings (SSSR count). The number of hydrogen-bond donors (Lipinski definition) is 0. The quantitative estimate of drug-likeness (QED) is 0.675. The molecule has 4 aliphatic rings. The monoisotopic (exact) mass is 451 g/mol. The zero-order chi connectivity index (χ0) is 23.0. The van der Waals surface area contributed by atoms with Crippen LogP contribution in [0.2, 0.25) is 0 Å². The lowest BCUT2D eigenvalue weighted by Gasteiger charge is -2.45. The average Bonchev–Trinajstić information content (AvgIpc) is 3.48. The van der Waals surface area contributed by atoms with Crippen LogP contribution in [-0.2, 0) is 14.9 Å². The van der Waals surface area contributed by atoms with Crippen molar-refractivity contribution in [3.05, 3.63) is 35.4 Å². The van der Waals surface area contributed by atoms with Crippen molar-refractivity contribution in [3.8, 4) is 0 Å². The van der Waals surface area contributed by atoms with Crippen LogP contribution < -0.4 is 4.90 Å². The largest absolute Gasteiger partial charge is 0.450 e. The van der Waals surface area contributed by atoms with E-state index < -0.39 is 0 Å². The molecule has 0 atom stereocenters. The van der Waals surface area contributed by atoms with Crippen LogP contribution in [0, 0.1) is 0 Å². The van der Waals surface area contributed by atoms with E-state index in [0.29, 0.717) is 12.6 Å². The molecule has 1 aromatic rings. The number of amides is 2. The van der Waals surface area contributed by atoms with Crippen molar-refractivity contribution in [1.29, 1.82) is 0 Å². The van der Waals surface area contributed by atoms with Gasteiger partial charge in [0.05, 0.1) is 12.3 Å². The third-order valence-corrected chi connectivity index (χ3v) is 8.37. The van der Waals surface area contributed by atoms with E-state index in [1.807, 2.05) is 11.8 Å². The van der Waals surface area contributed by atoms with Crippen molar-refractivity contribution in [2.75, 3.05) is 44.2 Å². The standard InChI is InChI=1S/C27H37N3O3/c1-3-33-26(32)29-15-11-22(12-16-29)28-17-13-27(14-18-28)19-30(20(2)31)25-23(9-6-10-24(25)27)21-7-4-5-8-21/h6-7,9-10,22H,3-5,8,11-19H2,1-2H3. The molecular weight excluding hydrogens is 414 g/mol. The summed E-state index contributed by atoms with van der Waals surface area (Å²) in [5.74, 6) is 0.160. The fourth-order valence-electron chi connectivity index (χ4n) is 6.55. The molecule has 0 bridgehead atoms. The predicted octanol–water partition coefficient (Wildman–Crippen LogP) is 4.57. The second-order valence-electron chi connectivity index (χ2n) is 10.2. The summed E-state index contributed by atoms with van der Waals surface area (Å²) in [6, 6.07) is 7.24. The number of ether oxygens (including phenoxy) is 1. The van der Waals surface area contributed by atoms with Crippen LogP contribution in [0.1, 0.15) is 69.9 Å². The highest BCUT2D eigenvalue weighted by atomic mass is 16.6. The minimum Gasteiger partial charge on any atom is -0.450 e. The molecule has 2 amide bonds. The second-order valence-corrected chi connectivity index (χ2v) is 10.2. The Hall–Kier alpha value is -2.34. The second kappa shape index (κ2) is 9.13. The molecule has 0 radical (unpaired) electrons. The Balaban J connectivity index is 1.30. The minimum absolute atomic E-state index is 0.0678. The molecule has 1 aliphatic carbocycles. The SMILES string of the molecule is CCOC(=O)N1CCC(N2CCC3(CC2)CN(C(C)=O)c2c(C4=CCCC4)cccc23)CC1. The summed E-state index contributed by atoms with van der Waals surface area (Å²) in [5.41, 5.74) is 5.35. The van der Waals surface area contributed by atoms with Gasteiger partial charge >= 0.3 is 6.09 Å². The molecule has 0 unspecified atom stereocenters. The minimum atomic E-state index is -0.173. The van der Waals surface area contributed by atoms with Gasteiger partial charge in [0.2, 0.25) is 5.91 Å². The van der Waals surface area contributed by atoms with Gasteiger partial charge in [-0.15, -0.1) is 0 Å². The van der Waals surface area contributed by atoms with E-state index in [4.69, 9.17) is 4.74 Å². The molecule has 3 aliphatic heterocycles. The molecule has 0 saturated carbocycles. The Morgan fingerprint density at radius 1 is 1.12 bits per heavy atom. The summed E-state index contributed by atoms with van der Waals surface area (Å²) in [6.45, 7) is 8.51. The van der Waals surface area contributed by atoms with Gasteiger partial charge in [0.25, 0.3) is 0 Å². The van der Waals surface area contributed by atoms with Crippen molar-refractivity contribution in [2.45, 2.75) is 70.3 Å². The molecule has 33 heavy (non-hydrogen) atoms. The van der Waals surface area contributed by atoms with Gasteiger partial charge in [0, 0.05) is 43.6 Å². The molecule has 1 aromatic carbocycles. The van der Waals surface area contributed by atoms with Crippen molar-refractivity contribution in [3.63, 3.8) is 0 Å². The summed E-state index contributed by atoms with van der Waals surface area (Å²) in [7, 11) is 0. The van der Waals surface area contributed by atoms with Crippen molar-refractivity contribution in [1.82, 2.24) is 9.80 Å². The maximum absolute atomic E-state index is 12.7. The van der Waals surface area contributed by atoms with E-state index in [9.17, 15) is 9.59 Å². The molecule has 178 valence electrons. The normalized spacial score (nSPS) is 23.0. The number of carbonyl (C=O) groups excluding carboxylic acids is 2. The lowest BCUT2D eigenvalue weighted by molar-refractivity contribution is -0.116. The van der Waals surface area contributed by atoms with Crippen LogP contribution in [0.3, 0.4) is 0 Å². The first kappa shape index (κ1) is 22.5. The number of anilines is 1. The van der Waals surface area contributed by atoms with Crippen LogP contribution in [0.5, 0.6) is 0 Å². The summed E-state index contributed by atoms with van der Waals surface area (Å²) >= 11 is 0. The maximum atomic E-state index is 12.7. The van der Waals surface area contributed by atoms with Crippen LogP contribution in [0.4, 0.5) is 10.5 Å². The third-order valence-electron chi connectivity index (χ3n) is 8.37. The van der Waals surface area contributed by atoms with Crippen LogP contribution in [0.25, 0.3) is 5.57 Å². The van der Waals surface area contributed by atoms with Gasteiger partial charge < -0.3 is 19.4 Å². The van der Waals surface area contributed by atoms with Crippen LogP contribution in [0.15, 0.2) is 24.3 Å². The van der Waals surface area contributed by atoms with Gasteiger partial charge in [-0.1, -0.05) is 24.3 Å². The van der Waals surface area contributed by atoms with E-state index in [1.54, 1.807) is 6.92 Å². The fraction of sp³-hybridized carbons (Fsp3) is 0.630. The molecule has 1 spiro atoms. The van der Waals surface area contributed by atoms with E-state index in [0.717, 1.165) is 71.2 Å². The Bertz CT molecular complexity index is 940. The van der Waals surface area contributed by atoms with Gasteiger partial charge in [-0.05, 0) is 76.1 Å². The summed E-state index contributed by atoms with van der Waals surface area (Å²) < 4.78 is 5.17. The first-order valence-corrected chi connectivity index (χ1v) is 12.8. The van der Waals surface area contributed by atoms with E-state index in [1.165, 1.54) is 28.8 Å². The smallest absolute Gasteiger partial charge is 0.409 e. The zero-order valence-electron chi connectivity index (χ0n) is 20.1. The Morgan fingerprint density at radius 2 is 1.88 bits per heavy atom. The number of benzene rings is 1. The van der Waals surface area contributed by atoms with Gasteiger partial charge in [-0.2, -0.15) is 0 Å². The number of piperidine rings is 2. The highest BCUT2D eigenvalue weighted by molar-refractivity contribution is 5.99. The first-order valence-electron chi connectivity index (χ1n) is 12.8. The summed E-state index contributed by atoms with van der Waals surface area (Å²) in [5, 5.41) is 0. The number of rotatable bonds is 3. The van der Waals surface area contributed by atoms with Gasteiger partial charge in [0.15, 0.2) is 0 Å². The molecular formula is C27H37N3O3. The number of hydrogen-bond acceptors (Lipinski definition) is 4. The van der Waals surface area contributed by atoms with Crippen LogP contribution >= 0.6 is 0 Å². The Kier molecular flexibility index (Phi) is 6.21. The number of para-hydroxylation sites is 1. The number of carbonyl (C=O) groups is 2. The van der Waals surface area contributed by atoms with Gasteiger partial charge in [-0.3, -0.25) is 4.79 Å². The van der Waals surface area contributed by atoms with Crippen molar-refractivity contribution in [2.24, 2.45) is 0 Å². The van der Waals surface area contributed by atoms with Crippen LogP contribution in [-0.4, -0.2) is 67.2 Å². The topological polar surface area (TPSA) is 53.1 Å². The van der Waals surface area contributed by atoms with Gasteiger partial charge in [-0.25, -0.2) is 4.79 Å². The third kappa shape index (κ3) is 4.07. The van der Waals surface area contributed by atoms with E-state index in [2.05, 4.69) is 34.1 Å². The highest BCUT2D eigenvalue weighted by Gasteiger charge is 2.47. The molecule has 2 saturated heterocycles. The first-order chi connectivity index (χ1) is 16.0. The molecule has 2 fully saturated rings. The zero-order valence-corrected chi connectivity index (χ0v) is 20.1. The summed E-state index contributed by atoms with van der Waals surface area (Å²) in [4.78, 5) is 31.3. The lowest BCUT2D eigenvalue weighted by Crippen LogP contribution is -2.52. The Morgan fingerprint density at radius 3 is 2.52 bits per heavy atom. The summed E-state index contributed by atoms with van der Waals surface area (Å²) in [6.07, 6.45) is 9.88. The fourth-order valence-corrected chi connectivity index (χ4v) is 6.55. The predicted molar refractivity (Wildman–Crippen MR) is 130 cm³/mol. The van der Waals surface area contributed by atoms with Gasteiger partial charge in [0.1, 0.15) is 0 Å². The molecule has 3 heterocycles. The lowest BCUT2D eigenvalue weighted by atomic mass is 9.73. The Labute approximate surface area is 197 Å². The number of fused-ring (bicyclic) bond motifs is 2.